The molecule has 7 heteroatoms. The molecular weight excluding hydrogens is 417 g/mol. The van der Waals surface area contributed by atoms with Crippen molar-refractivity contribution in [2.75, 3.05) is 26.2 Å². The summed E-state index contributed by atoms with van der Waals surface area (Å²) in [6.45, 7) is 3.88. The standard InChI is InChI=1S/C23H20FN3OS2/c24-18-7-5-16(6-8-18)22-25-19(15-29-22)14-26-9-11-27(12-10-26)23(28)21-13-17-3-1-2-4-20(17)30-21/h1-8,13,15H,9-12,14H2. The van der Waals surface area contributed by atoms with Crippen molar-refractivity contribution in [1.82, 2.24) is 14.8 Å². The lowest BCUT2D eigenvalue weighted by atomic mass is 10.2. The lowest BCUT2D eigenvalue weighted by Crippen LogP contribution is -2.48. The largest absolute Gasteiger partial charge is 0.335 e. The summed E-state index contributed by atoms with van der Waals surface area (Å²) >= 11 is 3.15. The van der Waals surface area contributed by atoms with Crippen LogP contribution in [0.4, 0.5) is 4.39 Å². The maximum absolute atomic E-state index is 13.1. The Bertz CT molecular complexity index is 1140. The van der Waals surface area contributed by atoms with E-state index >= 15 is 0 Å². The van der Waals surface area contributed by atoms with E-state index in [1.807, 2.05) is 23.1 Å². The first-order valence-corrected chi connectivity index (χ1v) is 11.6. The minimum Gasteiger partial charge on any atom is -0.335 e. The number of nitrogens with zero attached hydrogens (tertiary/aromatic N) is 3. The second-order valence-electron chi connectivity index (χ2n) is 7.37. The van der Waals surface area contributed by atoms with Crippen molar-refractivity contribution < 1.29 is 9.18 Å². The molecule has 4 aromatic rings. The van der Waals surface area contributed by atoms with Gasteiger partial charge < -0.3 is 4.90 Å². The lowest BCUT2D eigenvalue weighted by molar-refractivity contribution is 0.0632. The van der Waals surface area contributed by atoms with Crippen LogP contribution in [0.2, 0.25) is 0 Å². The van der Waals surface area contributed by atoms with Crippen molar-refractivity contribution in [3.8, 4) is 10.6 Å². The number of carbonyl (C=O) groups excluding carboxylic acids is 1. The van der Waals surface area contributed by atoms with Crippen molar-refractivity contribution in [1.29, 1.82) is 0 Å². The molecular formula is C23H20FN3OS2. The number of halogens is 1. The van der Waals surface area contributed by atoms with Crippen LogP contribution in [0.1, 0.15) is 15.4 Å². The number of aromatic nitrogens is 1. The molecule has 5 rings (SSSR count). The van der Waals surface area contributed by atoms with E-state index in [0.717, 1.165) is 64.0 Å². The van der Waals surface area contributed by atoms with E-state index in [-0.39, 0.29) is 11.7 Å². The van der Waals surface area contributed by atoms with E-state index in [9.17, 15) is 9.18 Å². The minimum atomic E-state index is -0.237. The number of piperazine rings is 1. The van der Waals surface area contributed by atoms with Crippen LogP contribution in [0.15, 0.2) is 60.0 Å². The van der Waals surface area contributed by atoms with Gasteiger partial charge in [0.25, 0.3) is 5.91 Å². The zero-order valence-electron chi connectivity index (χ0n) is 16.3. The number of thiazole rings is 1. The van der Waals surface area contributed by atoms with Crippen molar-refractivity contribution in [2.24, 2.45) is 0 Å². The number of hydrogen-bond acceptors (Lipinski definition) is 5. The predicted octanol–water partition coefficient (Wildman–Crippen LogP) is 5.12. The molecule has 0 N–H and O–H groups in total. The van der Waals surface area contributed by atoms with Gasteiger partial charge in [-0.1, -0.05) is 18.2 Å². The van der Waals surface area contributed by atoms with E-state index in [0.29, 0.717) is 0 Å². The van der Waals surface area contributed by atoms with Crippen molar-refractivity contribution in [3.63, 3.8) is 0 Å². The first kappa shape index (κ1) is 19.4. The van der Waals surface area contributed by atoms with Crippen LogP contribution in [-0.4, -0.2) is 46.9 Å². The molecule has 1 saturated heterocycles. The van der Waals surface area contributed by atoms with E-state index in [4.69, 9.17) is 4.98 Å². The Morgan fingerprint density at radius 2 is 1.80 bits per heavy atom. The van der Waals surface area contributed by atoms with Crippen LogP contribution in [0.25, 0.3) is 20.7 Å². The molecule has 2 aromatic carbocycles. The fourth-order valence-electron chi connectivity index (χ4n) is 3.69. The van der Waals surface area contributed by atoms with Gasteiger partial charge in [0.15, 0.2) is 0 Å². The van der Waals surface area contributed by atoms with E-state index < -0.39 is 0 Å². The normalized spacial score (nSPS) is 15.0. The quantitative estimate of drug-likeness (QED) is 0.445. The first-order valence-electron chi connectivity index (χ1n) is 9.86. The molecule has 2 aromatic heterocycles. The zero-order chi connectivity index (χ0) is 20.5. The molecule has 0 atom stereocenters. The van der Waals surface area contributed by atoms with Crippen LogP contribution in [0.5, 0.6) is 0 Å². The Morgan fingerprint density at radius 3 is 2.57 bits per heavy atom. The van der Waals surface area contributed by atoms with Crippen LogP contribution in [-0.2, 0) is 6.54 Å². The van der Waals surface area contributed by atoms with Gasteiger partial charge in [-0.15, -0.1) is 22.7 Å². The Labute approximate surface area is 182 Å². The third kappa shape index (κ3) is 4.01. The van der Waals surface area contributed by atoms with Gasteiger partial charge in [-0.2, -0.15) is 0 Å². The summed E-state index contributed by atoms with van der Waals surface area (Å²) in [5, 5.41) is 4.10. The molecule has 152 valence electrons. The number of benzene rings is 2. The Kier molecular flexibility index (Phi) is 5.33. The van der Waals surface area contributed by atoms with Crippen molar-refractivity contribution in [2.45, 2.75) is 6.54 Å². The van der Waals surface area contributed by atoms with Gasteiger partial charge in [0, 0.05) is 48.4 Å². The zero-order valence-corrected chi connectivity index (χ0v) is 17.9. The number of fused-ring (bicyclic) bond motifs is 1. The Hall–Kier alpha value is -2.61. The fraction of sp³-hybridized carbons (Fsp3) is 0.217. The molecule has 1 aliphatic rings. The maximum atomic E-state index is 13.1. The molecule has 1 fully saturated rings. The van der Waals surface area contributed by atoms with Crippen LogP contribution >= 0.6 is 22.7 Å². The molecule has 1 amide bonds. The van der Waals surface area contributed by atoms with Gasteiger partial charge in [-0.05, 0) is 41.8 Å². The summed E-state index contributed by atoms with van der Waals surface area (Å²) < 4.78 is 14.3. The molecule has 0 saturated carbocycles. The molecule has 3 heterocycles. The fourth-order valence-corrected chi connectivity index (χ4v) is 5.53. The highest BCUT2D eigenvalue weighted by Gasteiger charge is 2.24. The maximum Gasteiger partial charge on any atom is 0.264 e. The smallest absolute Gasteiger partial charge is 0.264 e. The summed E-state index contributed by atoms with van der Waals surface area (Å²) in [7, 11) is 0. The highest BCUT2D eigenvalue weighted by atomic mass is 32.1. The molecule has 0 bridgehead atoms. The summed E-state index contributed by atoms with van der Waals surface area (Å²) in [5.74, 6) is -0.110. The van der Waals surface area contributed by atoms with Crippen molar-refractivity contribution in [3.05, 3.63) is 76.4 Å². The first-order chi connectivity index (χ1) is 14.7. The number of carbonyl (C=O) groups is 1. The number of rotatable bonds is 4. The third-order valence-corrected chi connectivity index (χ3v) is 7.37. The average molecular weight is 438 g/mol. The summed E-state index contributed by atoms with van der Waals surface area (Å²) in [6, 6.07) is 16.6. The number of thiophene rings is 1. The van der Waals surface area contributed by atoms with Crippen LogP contribution in [0, 0.1) is 5.82 Å². The molecule has 30 heavy (non-hydrogen) atoms. The second-order valence-corrected chi connectivity index (χ2v) is 9.31. The molecule has 4 nitrogen and oxygen atoms in total. The third-order valence-electron chi connectivity index (χ3n) is 5.32. The predicted molar refractivity (Wildman–Crippen MR) is 121 cm³/mol. The number of hydrogen-bond donors (Lipinski definition) is 0. The van der Waals surface area contributed by atoms with E-state index in [1.165, 1.54) is 12.1 Å². The van der Waals surface area contributed by atoms with E-state index in [2.05, 4.69) is 22.4 Å². The number of amides is 1. The van der Waals surface area contributed by atoms with Crippen molar-refractivity contribution >= 4 is 38.7 Å². The van der Waals surface area contributed by atoms with Gasteiger partial charge in [-0.3, -0.25) is 9.69 Å². The molecule has 0 aliphatic carbocycles. The summed E-state index contributed by atoms with van der Waals surface area (Å²) in [4.78, 5) is 22.7. The van der Waals surface area contributed by atoms with Gasteiger partial charge in [0.2, 0.25) is 0 Å². The Morgan fingerprint density at radius 1 is 1.03 bits per heavy atom. The van der Waals surface area contributed by atoms with Crippen LogP contribution in [0.3, 0.4) is 0 Å². The molecule has 0 spiro atoms. The van der Waals surface area contributed by atoms with Gasteiger partial charge in [-0.25, -0.2) is 9.37 Å². The Balaban J connectivity index is 1.19. The van der Waals surface area contributed by atoms with Gasteiger partial charge >= 0.3 is 0 Å². The van der Waals surface area contributed by atoms with Gasteiger partial charge in [0.05, 0.1) is 10.6 Å². The average Bonchev–Trinajstić information content (AvgIpc) is 3.41. The lowest BCUT2D eigenvalue weighted by Gasteiger charge is -2.34. The highest BCUT2D eigenvalue weighted by Crippen LogP contribution is 2.27. The second kappa shape index (κ2) is 8.26. The van der Waals surface area contributed by atoms with Crippen LogP contribution < -0.4 is 0 Å². The summed E-state index contributed by atoms with van der Waals surface area (Å²) in [6.07, 6.45) is 0. The summed E-state index contributed by atoms with van der Waals surface area (Å²) in [5.41, 5.74) is 1.95. The minimum absolute atomic E-state index is 0.128. The van der Waals surface area contributed by atoms with Gasteiger partial charge in [0.1, 0.15) is 10.8 Å². The molecule has 0 radical (unpaired) electrons. The highest BCUT2D eigenvalue weighted by molar-refractivity contribution is 7.20. The SMILES string of the molecule is O=C(c1cc2ccccc2s1)N1CCN(Cc2csc(-c3ccc(F)cc3)n2)CC1. The monoisotopic (exact) mass is 437 g/mol. The van der Waals surface area contributed by atoms with E-state index in [1.54, 1.807) is 34.8 Å². The molecule has 0 unspecified atom stereocenters. The molecule has 1 aliphatic heterocycles. The topological polar surface area (TPSA) is 36.4 Å².